The number of aryl methyl sites for hydroxylation is 1. The molecule has 1 aromatic rings. The van der Waals surface area contributed by atoms with E-state index in [1.54, 1.807) is 0 Å². The second kappa shape index (κ2) is 10.5. The smallest absolute Gasteiger partial charge is 0.321 e. The summed E-state index contributed by atoms with van der Waals surface area (Å²) in [6, 6.07) is 7.23. The molecule has 1 aliphatic carbocycles. The number of benzene rings is 1. The standard InChI is InChI=1S/C20H28N2O5/c1-14-7-5-10-17(13-14)26-12-6-11-18(23)27-15(2)19(24)22-20(25)21-16-8-3-4-9-16/h5,7,10,13,15-16H,3-4,6,8-9,11-12H2,1-2H3,(H2,21,22,24,25). The molecule has 7 heteroatoms. The summed E-state index contributed by atoms with van der Waals surface area (Å²) in [4.78, 5) is 35.5. The van der Waals surface area contributed by atoms with Crippen LogP contribution in [0.15, 0.2) is 24.3 Å². The molecule has 1 atom stereocenters. The number of amides is 3. The average molecular weight is 376 g/mol. The summed E-state index contributed by atoms with van der Waals surface area (Å²) in [7, 11) is 0. The molecule has 0 bridgehead atoms. The molecule has 0 aromatic heterocycles. The maximum Gasteiger partial charge on any atom is 0.321 e. The molecule has 2 rings (SSSR count). The third-order valence-electron chi connectivity index (χ3n) is 4.39. The van der Waals surface area contributed by atoms with Crippen molar-refractivity contribution in [1.82, 2.24) is 10.6 Å². The van der Waals surface area contributed by atoms with E-state index < -0.39 is 24.0 Å². The zero-order valence-electron chi connectivity index (χ0n) is 16.0. The lowest BCUT2D eigenvalue weighted by Gasteiger charge is -2.15. The van der Waals surface area contributed by atoms with Gasteiger partial charge in [-0.3, -0.25) is 14.9 Å². The summed E-state index contributed by atoms with van der Waals surface area (Å²) in [5.41, 5.74) is 1.10. The summed E-state index contributed by atoms with van der Waals surface area (Å²) in [5.74, 6) is -0.374. The van der Waals surface area contributed by atoms with Crippen LogP contribution in [0.2, 0.25) is 0 Å². The van der Waals surface area contributed by atoms with E-state index in [9.17, 15) is 14.4 Å². The van der Waals surface area contributed by atoms with Crippen molar-refractivity contribution >= 4 is 17.9 Å². The lowest BCUT2D eigenvalue weighted by atomic mass is 10.2. The topological polar surface area (TPSA) is 93.7 Å². The van der Waals surface area contributed by atoms with Gasteiger partial charge in [0.2, 0.25) is 0 Å². The number of urea groups is 1. The molecule has 7 nitrogen and oxygen atoms in total. The van der Waals surface area contributed by atoms with Crippen LogP contribution in [0.3, 0.4) is 0 Å². The molecule has 0 radical (unpaired) electrons. The first-order chi connectivity index (χ1) is 12.9. The first-order valence-corrected chi connectivity index (χ1v) is 9.44. The lowest BCUT2D eigenvalue weighted by Crippen LogP contribution is -2.47. The van der Waals surface area contributed by atoms with Gasteiger partial charge in [0.05, 0.1) is 6.61 Å². The Morgan fingerprint density at radius 1 is 1.22 bits per heavy atom. The molecule has 3 amide bonds. The Morgan fingerprint density at radius 3 is 2.67 bits per heavy atom. The Kier molecular flexibility index (Phi) is 8.10. The summed E-state index contributed by atoms with van der Waals surface area (Å²) in [6.07, 6.45) is 3.61. The van der Waals surface area contributed by atoms with Crippen molar-refractivity contribution in [3.8, 4) is 5.75 Å². The fourth-order valence-corrected chi connectivity index (χ4v) is 2.93. The number of carbonyl (C=O) groups is 3. The molecule has 0 saturated heterocycles. The maximum atomic E-state index is 11.9. The van der Waals surface area contributed by atoms with E-state index in [4.69, 9.17) is 9.47 Å². The van der Waals surface area contributed by atoms with Crippen LogP contribution in [-0.2, 0) is 14.3 Å². The molecule has 1 fully saturated rings. The maximum absolute atomic E-state index is 11.9. The van der Waals surface area contributed by atoms with E-state index >= 15 is 0 Å². The fraction of sp³-hybridized carbons (Fsp3) is 0.550. The highest BCUT2D eigenvalue weighted by Gasteiger charge is 2.22. The predicted molar refractivity (Wildman–Crippen MR) is 100 cm³/mol. The molecule has 148 valence electrons. The van der Waals surface area contributed by atoms with Crippen LogP contribution in [0.5, 0.6) is 5.75 Å². The number of hydrogen-bond acceptors (Lipinski definition) is 5. The number of carbonyl (C=O) groups excluding carboxylic acids is 3. The van der Waals surface area contributed by atoms with Crippen molar-refractivity contribution in [1.29, 1.82) is 0 Å². The molecule has 1 saturated carbocycles. The quantitative estimate of drug-likeness (QED) is 0.537. The fourth-order valence-electron chi connectivity index (χ4n) is 2.93. The summed E-state index contributed by atoms with van der Waals surface area (Å²) >= 11 is 0. The highest BCUT2D eigenvalue weighted by atomic mass is 16.5. The zero-order valence-corrected chi connectivity index (χ0v) is 16.0. The Labute approximate surface area is 159 Å². The minimum Gasteiger partial charge on any atom is -0.494 e. The average Bonchev–Trinajstić information content (AvgIpc) is 3.11. The van der Waals surface area contributed by atoms with E-state index in [0.29, 0.717) is 13.0 Å². The summed E-state index contributed by atoms with van der Waals surface area (Å²) in [6.45, 7) is 3.80. The zero-order chi connectivity index (χ0) is 19.6. The van der Waals surface area contributed by atoms with Gasteiger partial charge in [-0.05, 0) is 50.8 Å². The van der Waals surface area contributed by atoms with Crippen LogP contribution in [-0.4, -0.2) is 36.7 Å². The minimum atomic E-state index is -1.02. The van der Waals surface area contributed by atoms with E-state index in [-0.39, 0.29) is 12.5 Å². The van der Waals surface area contributed by atoms with E-state index in [1.165, 1.54) is 6.92 Å². The molecule has 1 aliphatic rings. The molecule has 0 spiro atoms. The van der Waals surface area contributed by atoms with Crippen molar-refractivity contribution in [2.24, 2.45) is 0 Å². The van der Waals surface area contributed by atoms with Crippen molar-refractivity contribution in [2.75, 3.05) is 6.61 Å². The van der Waals surface area contributed by atoms with Gasteiger partial charge in [0, 0.05) is 12.5 Å². The van der Waals surface area contributed by atoms with Gasteiger partial charge < -0.3 is 14.8 Å². The number of rotatable bonds is 8. The first-order valence-electron chi connectivity index (χ1n) is 9.44. The Bertz CT molecular complexity index is 656. The van der Waals surface area contributed by atoms with Gasteiger partial charge in [0.1, 0.15) is 5.75 Å². The van der Waals surface area contributed by atoms with Crippen molar-refractivity contribution in [3.05, 3.63) is 29.8 Å². The van der Waals surface area contributed by atoms with Crippen molar-refractivity contribution in [3.63, 3.8) is 0 Å². The third kappa shape index (κ3) is 7.68. The summed E-state index contributed by atoms with van der Waals surface area (Å²) in [5, 5.41) is 4.97. The van der Waals surface area contributed by atoms with Gasteiger partial charge in [-0.25, -0.2) is 4.79 Å². The van der Waals surface area contributed by atoms with Gasteiger partial charge >= 0.3 is 12.0 Å². The van der Waals surface area contributed by atoms with E-state index in [0.717, 1.165) is 37.0 Å². The number of esters is 1. The first kappa shape index (κ1) is 20.7. The molecule has 27 heavy (non-hydrogen) atoms. The number of nitrogens with one attached hydrogen (secondary N) is 2. The monoisotopic (exact) mass is 376 g/mol. The second-order valence-electron chi connectivity index (χ2n) is 6.84. The predicted octanol–water partition coefficient (Wildman–Crippen LogP) is 2.85. The van der Waals surface area contributed by atoms with E-state index in [1.807, 2.05) is 31.2 Å². The van der Waals surface area contributed by atoms with Crippen LogP contribution in [0.1, 0.15) is 51.0 Å². The molecule has 2 N–H and O–H groups in total. The van der Waals surface area contributed by atoms with Gasteiger partial charge in [-0.1, -0.05) is 25.0 Å². The van der Waals surface area contributed by atoms with Crippen LogP contribution in [0.25, 0.3) is 0 Å². The minimum absolute atomic E-state index is 0.115. The molecule has 1 aromatic carbocycles. The van der Waals surface area contributed by atoms with Gasteiger partial charge in [-0.15, -0.1) is 0 Å². The third-order valence-corrected chi connectivity index (χ3v) is 4.39. The largest absolute Gasteiger partial charge is 0.494 e. The normalized spacial score (nSPS) is 15.0. The van der Waals surface area contributed by atoms with Crippen molar-refractivity contribution < 1.29 is 23.9 Å². The number of ether oxygens (including phenoxy) is 2. The van der Waals surface area contributed by atoms with Crippen LogP contribution >= 0.6 is 0 Å². The highest BCUT2D eigenvalue weighted by Crippen LogP contribution is 2.17. The molecule has 0 aliphatic heterocycles. The Hall–Kier alpha value is -2.57. The highest BCUT2D eigenvalue weighted by molar-refractivity contribution is 5.97. The Morgan fingerprint density at radius 2 is 1.96 bits per heavy atom. The second-order valence-corrected chi connectivity index (χ2v) is 6.84. The van der Waals surface area contributed by atoms with Crippen LogP contribution in [0.4, 0.5) is 4.79 Å². The molecular weight excluding hydrogens is 348 g/mol. The number of imide groups is 1. The van der Waals surface area contributed by atoms with Gasteiger partial charge in [-0.2, -0.15) is 0 Å². The molecule has 1 unspecified atom stereocenters. The Balaban J connectivity index is 1.60. The number of hydrogen-bond donors (Lipinski definition) is 2. The van der Waals surface area contributed by atoms with Gasteiger partial charge in [0.15, 0.2) is 6.10 Å². The van der Waals surface area contributed by atoms with Crippen LogP contribution in [0, 0.1) is 6.92 Å². The van der Waals surface area contributed by atoms with E-state index in [2.05, 4.69) is 10.6 Å². The van der Waals surface area contributed by atoms with Gasteiger partial charge in [0.25, 0.3) is 5.91 Å². The summed E-state index contributed by atoms with van der Waals surface area (Å²) < 4.78 is 10.6. The van der Waals surface area contributed by atoms with Crippen molar-refractivity contribution in [2.45, 2.75) is 64.5 Å². The molecule has 0 heterocycles. The lowest BCUT2D eigenvalue weighted by molar-refractivity contribution is -0.154. The molecular formula is C20H28N2O5. The SMILES string of the molecule is Cc1cccc(OCCCC(=O)OC(C)C(=O)NC(=O)NC2CCCC2)c1. The van der Waals surface area contributed by atoms with Crippen LogP contribution < -0.4 is 15.4 Å².